The van der Waals surface area contributed by atoms with Gasteiger partial charge in [-0.05, 0) is 18.9 Å². The van der Waals surface area contributed by atoms with Crippen molar-refractivity contribution < 1.29 is 9.47 Å². The first-order valence-electron chi connectivity index (χ1n) is 9.14. The summed E-state index contributed by atoms with van der Waals surface area (Å²) in [4.78, 5) is 2.42. The Labute approximate surface area is 148 Å². The number of aromatic nitrogens is 2. The SMILES string of the molecule is Cn1cc(N2CCC[C@@H](NCc3cccc4c3OCCCO4)C2)cn1. The van der Waals surface area contributed by atoms with Gasteiger partial charge >= 0.3 is 0 Å². The van der Waals surface area contributed by atoms with Crippen LogP contribution in [-0.2, 0) is 13.6 Å². The largest absolute Gasteiger partial charge is 0.490 e. The maximum Gasteiger partial charge on any atom is 0.165 e. The standard InChI is InChI=1S/C19H26N4O2/c1-22-14-17(12-21-22)23-8-3-6-16(13-23)20-11-15-5-2-7-18-19(15)25-10-4-9-24-18/h2,5,7,12,14,16,20H,3-4,6,8-11,13H2,1H3/t16-/m1/s1. The zero-order chi connectivity index (χ0) is 17.1. The third-order valence-corrected chi connectivity index (χ3v) is 4.91. The fourth-order valence-corrected chi connectivity index (χ4v) is 3.60. The molecule has 25 heavy (non-hydrogen) atoms. The second kappa shape index (κ2) is 7.35. The topological polar surface area (TPSA) is 51.5 Å². The smallest absolute Gasteiger partial charge is 0.165 e. The van der Waals surface area contributed by atoms with Crippen molar-refractivity contribution in [3.05, 3.63) is 36.2 Å². The molecule has 1 atom stereocenters. The van der Waals surface area contributed by atoms with E-state index in [1.54, 1.807) is 0 Å². The summed E-state index contributed by atoms with van der Waals surface area (Å²) in [7, 11) is 1.96. The van der Waals surface area contributed by atoms with E-state index in [0.29, 0.717) is 6.04 Å². The van der Waals surface area contributed by atoms with Crippen molar-refractivity contribution in [1.29, 1.82) is 0 Å². The van der Waals surface area contributed by atoms with E-state index < -0.39 is 0 Å². The number of rotatable bonds is 4. The van der Waals surface area contributed by atoms with Gasteiger partial charge in [0, 0.05) is 50.9 Å². The Balaban J connectivity index is 1.40. The number of fused-ring (bicyclic) bond motifs is 1. The maximum atomic E-state index is 5.93. The molecule has 0 radical (unpaired) electrons. The van der Waals surface area contributed by atoms with Crippen molar-refractivity contribution in [3.63, 3.8) is 0 Å². The molecule has 1 N–H and O–H groups in total. The van der Waals surface area contributed by atoms with E-state index >= 15 is 0 Å². The maximum absolute atomic E-state index is 5.93. The molecule has 2 aliphatic heterocycles. The van der Waals surface area contributed by atoms with E-state index in [9.17, 15) is 0 Å². The molecule has 2 aliphatic rings. The Morgan fingerprint density at radius 3 is 3.04 bits per heavy atom. The van der Waals surface area contributed by atoms with Gasteiger partial charge in [-0.3, -0.25) is 4.68 Å². The molecule has 1 aromatic heterocycles. The molecule has 0 amide bonds. The van der Waals surface area contributed by atoms with Gasteiger partial charge in [-0.25, -0.2) is 0 Å². The molecule has 0 bridgehead atoms. The first kappa shape index (κ1) is 16.3. The molecular weight excluding hydrogens is 316 g/mol. The first-order valence-corrected chi connectivity index (χ1v) is 9.14. The van der Waals surface area contributed by atoms with Crippen molar-refractivity contribution in [2.75, 3.05) is 31.2 Å². The number of hydrogen-bond acceptors (Lipinski definition) is 5. The van der Waals surface area contributed by atoms with Gasteiger partial charge < -0.3 is 19.7 Å². The number of hydrogen-bond donors (Lipinski definition) is 1. The molecule has 1 aromatic carbocycles. The summed E-state index contributed by atoms with van der Waals surface area (Å²) in [5, 5.41) is 8.00. The normalized spacial score (nSPS) is 20.4. The molecule has 4 rings (SSSR count). The molecule has 2 aromatic rings. The Kier molecular flexibility index (Phi) is 4.78. The summed E-state index contributed by atoms with van der Waals surface area (Å²) < 4.78 is 13.6. The van der Waals surface area contributed by atoms with E-state index in [1.165, 1.54) is 24.1 Å². The van der Waals surface area contributed by atoms with Crippen LogP contribution in [0.5, 0.6) is 11.5 Å². The van der Waals surface area contributed by atoms with Gasteiger partial charge in [-0.15, -0.1) is 0 Å². The van der Waals surface area contributed by atoms with Gasteiger partial charge in [0.25, 0.3) is 0 Å². The van der Waals surface area contributed by atoms with Crippen LogP contribution in [0.4, 0.5) is 5.69 Å². The highest BCUT2D eigenvalue weighted by atomic mass is 16.5. The number of benzene rings is 1. The van der Waals surface area contributed by atoms with Gasteiger partial charge in [0.05, 0.1) is 25.1 Å². The minimum Gasteiger partial charge on any atom is -0.490 e. The van der Waals surface area contributed by atoms with E-state index in [-0.39, 0.29) is 0 Å². The molecule has 0 saturated carbocycles. The lowest BCUT2D eigenvalue weighted by atomic mass is 10.0. The number of ether oxygens (including phenoxy) is 2. The molecule has 6 nitrogen and oxygen atoms in total. The number of nitrogens with one attached hydrogen (secondary N) is 1. The summed E-state index contributed by atoms with van der Waals surface area (Å²) in [6.07, 6.45) is 7.36. The summed E-state index contributed by atoms with van der Waals surface area (Å²) in [5.74, 6) is 1.78. The van der Waals surface area contributed by atoms with E-state index in [2.05, 4.69) is 27.6 Å². The van der Waals surface area contributed by atoms with Crippen molar-refractivity contribution in [1.82, 2.24) is 15.1 Å². The lowest BCUT2D eigenvalue weighted by Crippen LogP contribution is -2.45. The molecule has 134 valence electrons. The molecule has 1 fully saturated rings. The predicted octanol–water partition coefficient (Wildman–Crippen LogP) is 2.34. The van der Waals surface area contributed by atoms with Crippen molar-refractivity contribution in [2.24, 2.45) is 7.05 Å². The number of anilines is 1. The summed E-state index contributed by atoms with van der Waals surface area (Å²) in [6, 6.07) is 6.64. The second-order valence-electron chi connectivity index (χ2n) is 6.83. The number of nitrogens with zero attached hydrogens (tertiary/aromatic N) is 3. The second-order valence-corrected chi connectivity index (χ2v) is 6.83. The van der Waals surface area contributed by atoms with Crippen LogP contribution in [0.2, 0.25) is 0 Å². The average Bonchev–Trinajstić information content (AvgIpc) is 2.93. The average molecular weight is 342 g/mol. The van der Waals surface area contributed by atoms with Crippen LogP contribution in [0.1, 0.15) is 24.8 Å². The minimum atomic E-state index is 0.469. The van der Waals surface area contributed by atoms with E-state index in [1.807, 2.05) is 30.1 Å². The van der Waals surface area contributed by atoms with Gasteiger partial charge in [-0.2, -0.15) is 5.10 Å². The molecular formula is C19H26N4O2. The van der Waals surface area contributed by atoms with Crippen LogP contribution < -0.4 is 19.7 Å². The highest BCUT2D eigenvalue weighted by Crippen LogP contribution is 2.33. The third kappa shape index (κ3) is 3.74. The van der Waals surface area contributed by atoms with Crippen molar-refractivity contribution >= 4 is 5.69 Å². The van der Waals surface area contributed by atoms with Crippen LogP contribution in [0.15, 0.2) is 30.6 Å². The summed E-state index contributed by atoms with van der Waals surface area (Å²) in [5.41, 5.74) is 2.39. The zero-order valence-electron chi connectivity index (χ0n) is 14.8. The zero-order valence-corrected chi connectivity index (χ0v) is 14.8. The number of piperidine rings is 1. The molecule has 1 saturated heterocycles. The van der Waals surface area contributed by atoms with Crippen LogP contribution in [0.25, 0.3) is 0 Å². The Hall–Kier alpha value is -2.21. The fraction of sp³-hybridized carbons (Fsp3) is 0.526. The summed E-state index contributed by atoms with van der Waals surface area (Å²) >= 11 is 0. The monoisotopic (exact) mass is 342 g/mol. The van der Waals surface area contributed by atoms with Crippen LogP contribution >= 0.6 is 0 Å². The lowest BCUT2D eigenvalue weighted by Gasteiger charge is -2.34. The minimum absolute atomic E-state index is 0.469. The van der Waals surface area contributed by atoms with Crippen LogP contribution in [0.3, 0.4) is 0 Å². The predicted molar refractivity (Wildman–Crippen MR) is 97.3 cm³/mol. The fourth-order valence-electron chi connectivity index (χ4n) is 3.60. The van der Waals surface area contributed by atoms with Gasteiger partial charge in [0.2, 0.25) is 0 Å². The summed E-state index contributed by atoms with van der Waals surface area (Å²) in [6.45, 7) is 4.37. The molecule has 3 heterocycles. The molecule has 6 heteroatoms. The molecule has 0 spiro atoms. The van der Waals surface area contributed by atoms with Crippen molar-refractivity contribution in [2.45, 2.75) is 31.8 Å². The highest BCUT2D eigenvalue weighted by Gasteiger charge is 2.21. The Bertz CT molecular complexity index is 715. The molecule has 0 unspecified atom stereocenters. The quantitative estimate of drug-likeness (QED) is 0.924. The van der Waals surface area contributed by atoms with Crippen molar-refractivity contribution in [3.8, 4) is 11.5 Å². The first-order chi connectivity index (χ1) is 12.3. The number of aryl methyl sites for hydroxylation is 1. The Morgan fingerprint density at radius 2 is 2.16 bits per heavy atom. The van der Waals surface area contributed by atoms with Crippen LogP contribution in [0, 0.1) is 0 Å². The van der Waals surface area contributed by atoms with Gasteiger partial charge in [0.1, 0.15) is 0 Å². The van der Waals surface area contributed by atoms with Gasteiger partial charge in [0.15, 0.2) is 11.5 Å². The molecule has 0 aliphatic carbocycles. The number of para-hydroxylation sites is 1. The van der Waals surface area contributed by atoms with Crippen LogP contribution in [-0.4, -0.2) is 42.1 Å². The third-order valence-electron chi connectivity index (χ3n) is 4.91. The highest BCUT2D eigenvalue weighted by molar-refractivity contribution is 5.47. The lowest BCUT2D eigenvalue weighted by molar-refractivity contribution is 0.295. The van der Waals surface area contributed by atoms with E-state index in [4.69, 9.17) is 9.47 Å². The van der Waals surface area contributed by atoms with Gasteiger partial charge in [-0.1, -0.05) is 12.1 Å². The Morgan fingerprint density at radius 1 is 1.24 bits per heavy atom. The van der Waals surface area contributed by atoms with E-state index in [0.717, 1.165) is 50.8 Å².